The first-order chi connectivity index (χ1) is 17.7. The van der Waals surface area contributed by atoms with E-state index in [1.165, 1.54) is 18.1 Å². The fraction of sp³-hybridized carbons (Fsp3) is 0.241. The first-order valence-electron chi connectivity index (χ1n) is 11.7. The number of halogens is 1. The standard InChI is InChI=1S/C29H28ClNO6/c1-17(2)37-21-11-7-19(8-12-21)26-25(27(32)23-15-22(36-4)13-14-24(23)30)28(33)29(34)31(26)16-18-5-9-20(35-3)10-6-18/h5-15,17,26,32H,16H2,1-4H3/b27-25+. The molecular weight excluding hydrogens is 494 g/mol. The molecule has 0 spiro atoms. The van der Waals surface area contributed by atoms with Crippen molar-refractivity contribution in [2.24, 2.45) is 0 Å². The number of ketones is 1. The summed E-state index contributed by atoms with van der Waals surface area (Å²) < 4.78 is 16.2. The van der Waals surface area contributed by atoms with E-state index in [2.05, 4.69) is 0 Å². The third-order valence-corrected chi connectivity index (χ3v) is 6.38. The average molecular weight is 522 g/mol. The van der Waals surface area contributed by atoms with Crippen LogP contribution in [0.15, 0.2) is 72.3 Å². The predicted molar refractivity (Wildman–Crippen MR) is 141 cm³/mol. The number of aliphatic hydroxyl groups excluding tert-OH is 1. The number of likely N-dealkylation sites (tertiary alicyclic amines) is 1. The molecule has 1 aliphatic rings. The number of methoxy groups -OCH3 is 2. The Morgan fingerprint density at radius 3 is 2.11 bits per heavy atom. The van der Waals surface area contributed by atoms with E-state index in [1.54, 1.807) is 55.6 Å². The molecule has 0 saturated carbocycles. The molecule has 4 rings (SSSR count). The van der Waals surface area contributed by atoms with Gasteiger partial charge in [-0.15, -0.1) is 0 Å². The fourth-order valence-corrected chi connectivity index (χ4v) is 4.48. The van der Waals surface area contributed by atoms with Crippen molar-refractivity contribution < 1.29 is 28.9 Å². The van der Waals surface area contributed by atoms with Crippen LogP contribution in [0, 0.1) is 0 Å². The molecule has 8 heteroatoms. The molecule has 1 unspecified atom stereocenters. The van der Waals surface area contributed by atoms with Crippen LogP contribution in [0.3, 0.4) is 0 Å². The second-order valence-corrected chi connectivity index (χ2v) is 9.26. The Labute approximate surface area is 220 Å². The largest absolute Gasteiger partial charge is 0.507 e. The van der Waals surface area contributed by atoms with Crippen LogP contribution >= 0.6 is 11.6 Å². The minimum absolute atomic E-state index is 0.0123. The lowest BCUT2D eigenvalue weighted by Crippen LogP contribution is -2.29. The number of Topliss-reactive ketones (excluding diaryl/α,β-unsaturated/α-hetero) is 1. The predicted octanol–water partition coefficient (Wildman–Crippen LogP) is 5.77. The minimum atomic E-state index is -0.850. The highest BCUT2D eigenvalue weighted by atomic mass is 35.5. The van der Waals surface area contributed by atoms with Gasteiger partial charge in [-0.2, -0.15) is 0 Å². The molecule has 3 aromatic carbocycles. The highest BCUT2D eigenvalue weighted by Gasteiger charge is 2.46. The van der Waals surface area contributed by atoms with Gasteiger partial charge in [0.2, 0.25) is 0 Å². The molecule has 1 saturated heterocycles. The second kappa shape index (κ2) is 11.0. The monoisotopic (exact) mass is 521 g/mol. The molecule has 0 aliphatic carbocycles. The van der Waals surface area contributed by atoms with E-state index in [9.17, 15) is 14.7 Å². The zero-order chi connectivity index (χ0) is 26.7. The summed E-state index contributed by atoms with van der Waals surface area (Å²) in [5, 5.41) is 11.6. The van der Waals surface area contributed by atoms with Crippen LogP contribution < -0.4 is 14.2 Å². The average Bonchev–Trinajstić information content (AvgIpc) is 3.14. The van der Waals surface area contributed by atoms with E-state index in [4.69, 9.17) is 25.8 Å². The number of aliphatic hydroxyl groups is 1. The van der Waals surface area contributed by atoms with Crippen molar-refractivity contribution in [3.8, 4) is 17.2 Å². The quantitative estimate of drug-likeness (QED) is 0.230. The maximum absolute atomic E-state index is 13.4. The molecule has 1 atom stereocenters. The Morgan fingerprint density at radius 1 is 0.919 bits per heavy atom. The van der Waals surface area contributed by atoms with Crippen molar-refractivity contribution in [1.29, 1.82) is 0 Å². The van der Waals surface area contributed by atoms with Gasteiger partial charge in [0.25, 0.3) is 11.7 Å². The molecule has 37 heavy (non-hydrogen) atoms. The molecule has 3 aromatic rings. The highest BCUT2D eigenvalue weighted by molar-refractivity contribution is 6.47. The van der Waals surface area contributed by atoms with Crippen molar-refractivity contribution in [3.05, 3.63) is 94.0 Å². The van der Waals surface area contributed by atoms with E-state index in [0.29, 0.717) is 22.8 Å². The summed E-state index contributed by atoms with van der Waals surface area (Å²) in [6.07, 6.45) is -0.0123. The van der Waals surface area contributed by atoms with Crippen molar-refractivity contribution in [2.75, 3.05) is 14.2 Å². The molecule has 0 radical (unpaired) electrons. The molecule has 1 aliphatic heterocycles. The number of nitrogens with zero attached hydrogens (tertiary/aromatic N) is 1. The summed E-state index contributed by atoms with van der Waals surface area (Å²) in [7, 11) is 3.06. The molecule has 1 heterocycles. The van der Waals surface area contributed by atoms with E-state index >= 15 is 0 Å². The summed E-state index contributed by atoms with van der Waals surface area (Å²) in [5.41, 5.74) is 1.59. The number of rotatable bonds is 8. The van der Waals surface area contributed by atoms with Crippen LogP contribution in [0.4, 0.5) is 0 Å². The number of carbonyl (C=O) groups excluding carboxylic acids is 2. The SMILES string of the molecule is COc1ccc(CN2C(=O)C(=O)/C(=C(/O)c3cc(OC)ccc3Cl)C2c2ccc(OC(C)C)cc2)cc1. The second-order valence-electron chi connectivity index (χ2n) is 8.86. The lowest BCUT2D eigenvalue weighted by Gasteiger charge is -2.26. The van der Waals surface area contributed by atoms with Crippen molar-refractivity contribution in [1.82, 2.24) is 4.90 Å². The summed E-state index contributed by atoms with van der Waals surface area (Å²) >= 11 is 6.38. The smallest absolute Gasteiger partial charge is 0.295 e. The normalized spacial score (nSPS) is 16.8. The molecule has 0 aromatic heterocycles. The van der Waals surface area contributed by atoms with Gasteiger partial charge >= 0.3 is 0 Å². The zero-order valence-electron chi connectivity index (χ0n) is 21.0. The van der Waals surface area contributed by atoms with Gasteiger partial charge in [-0.1, -0.05) is 35.9 Å². The summed E-state index contributed by atoms with van der Waals surface area (Å²) in [4.78, 5) is 28.1. The van der Waals surface area contributed by atoms with E-state index < -0.39 is 17.7 Å². The Hall–Kier alpha value is -3.97. The van der Waals surface area contributed by atoms with Gasteiger partial charge in [-0.3, -0.25) is 9.59 Å². The molecule has 7 nitrogen and oxygen atoms in total. The van der Waals surface area contributed by atoms with Gasteiger partial charge in [-0.25, -0.2) is 0 Å². The molecule has 1 amide bonds. The van der Waals surface area contributed by atoms with Gasteiger partial charge < -0.3 is 24.2 Å². The Balaban J connectivity index is 1.84. The van der Waals surface area contributed by atoms with Gasteiger partial charge in [0.15, 0.2) is 0 Å². The van der Waals surface area contributed by atoms with Gasteiger partial charge in [-0.05, 0) is 67.4 Å². The molecule has 0 bridgehead atoms. The van der Waals surface area contributed by atoms with Crippen molar-refractivity contribution in [2.45, 2.75) is 32.5 Å². The van der Waals surface area contributed by atoms with E-state index in [1.807, 2.05) is 26.0 Å². The minimum Gasteiger partial charge on any atom is -0.507 e. The van der Waals surface area contributed by atoms with Gasteiger partial charge in [0.05, 0.1) is 37.0 Å². The number of carbonyl (C=O) groups is 2. The molecule has 192 valence electrons. The van der Waals surface area contributed by atoms with Crippen LogP contribution in [0.25, 0.3) is 5.76 Å². The lowest BCUT2D eigenvalue weighted by molar-refractivity contribution is -0.140. The summed E-state index contributed by atoms with van der Waals surface area (Å²) in [5.74, 6) is -0.101. The number of hydrogen-bond acceptors (Lipinski definition) is 6. The third kappa shape index (κ3) is 5.42. The zero-order valence-corrected chi connectivity index (χ0v) is 21.8. The van der Waals surface area contributed by atoms with Crippen molar-refractivity contribution in [3.63, 3.8) is 0 Å². The molecular formula is C29H28ClNO6. The Kier molecular flexibility index (Phi) is 7.74. The summed E-state index contributed by atoms with van der Waals surface area (Å²) in [6.45, 7) is 4.00. The van der Waals surface area contributed by atoms with Crippen LogP contribution in [-0.2, 0) is 16.1 Å². The van der Waals surface area contributed by atoms with Gasteiger partial charge in [0.1, 0.15) is 23.0 Å². The van der Waals surface area contributed by atoms with Gasteiger partial charge in [0, 0.05) is 12.1 Å². The highest BCUT2D eigenvalue weighted by Crippen LogP contribution is 2.42. The van der Waals surface area contributed by atoms with Crippen LogP contribution in [-0.4, -0.2) is 42.0 Å². The topological polar surface area (TPSA) is 85.3 Å². The molecule has 1 N–H and O–H groups in total. The van der Waals surface area contributed by atoms with Crippen LogP contribution in [0.5, 0.6) is 17.2 Å². The maximum atomic E-state index is 13.4. The Bertz CT molecular complexity index is 1330. The first-order valence-corrected chi connectivity index (χ1v) is 12.1. The van der Waals surface area contributed by atoms with E-state index in [-0.39, 0.29) is 34.6 Å². The van der Waals surface area contributed by atoms with E-state index in [0.717, 1.165) is 5.56 Å². The van der Waals surface area contributed by atoms with Crippen LogP contribution in [0.1, 0.15) is 36.6 Å². The maximum Gasteiger partial charge on any atom is 0.295 e. The lowest BCUT2D eigenvalue weighted by atomic mass is 9.95. The first kappa shape index (κ1) is 26.1. The number of amides is 1. The number of ether oxygens (including phenoxy) is 3. The number of benzene rings is 3. The Morgan fingerprint density at radius 2 is 1.51 bits per heavy atom. The fourth-order valence-electron chi connectivity index (χ4n) is 4.28. The summed E-state index contributed by atoms with van der Waals surface area (Å²) in [6, 6.07) is 18.3. The number of hydrogen-bond donors (Lipinski definition) is 1. The van der Waals surface area contributed by atoms with Crippen molar-refractivity contribution >= 4 is 29.1 Å². The van der Waals surface area contributed by atoms with Crippen LogP contribution in [0.2, 0.25) is 5.02 Å². The molecule has 1 fully saturated rings. The third-order valence-electron chi connectivity index (χ3n) is 6.05.